The van der Waals surface area contributed by atoms with Crippen LogP contribution in [0.2, 0.25) is 0 Å². The van der Waals surface area contributed by atoms with Crippen LogP contribution in [-0.2, 0) is 10.2 Å². The molecule has 3 rings (SSSR count). The smallest absolute Gasteiger partial charge is 0.353 e. The van der Waals surface area contributed by atoms with Crippen molar-refractivity contribution in [1.29, 1.82) is 0 Å². The molecule has 1 aromatic carbocycles. The summed E-state index contributed by atoms with van der Waals surface area (Å²) in [6.45, 7) is 4.51. The quantitative estimate of drug-likeness (QED) is 0.587. The van der Waals surface area contributed by atoms with E-state index in [1.54, 1.807) is 18.3 Å². The van der Waals surface area contributed by atoms with Crippen molar-refractivity contribution in [3.05, 3.63) is 59.4 Å². The van der Waals surface area contributed by atoms with Crippen LogP contribution in [-0.4, -0.2) is 16.7 Å². The third-order valence-electron chi connectivity index (χ3n) is 3.93. The van der Waals surface area contributed by atoms with Gasteiger partial charge in [-0.1, -0.05) is 13.8 Å². The molecule has 23 heavy (non-hydrogen) atoms. The van der Waals surface area contributed by atoms with E-state index in [2.05, 4.69) is 43.0 Å². The number of benzene rings is 1. The molecule has 0 atom stereocenters. The minimum absolute atomic E-state index is 0.157. The second kappa shape index (κ2) is 6.47. The van der Waals surface area contributed by atoms with E-state index in [0.29, 0.717) is 5.56 Å². The molecule has 0 saturated carbocycles. The molecule has 116 valence electrons. The van der Waals surface area contributed by atoms with Crippen LogP contribution in [0.3, 0.4) is 0 Å². The zero-order valence-electron chi connectivity index (χ0n) is 13.1. The van der Waals surface area contributed by atoms with Gasteiger partial charge in [-0.3, -0.25) is 4.98 Å². The predicted molar refractivity (Wildman–Crippen MR) is 91.3 cm³/mol. The molecule has 0 unspecified atom stereocenters. The van der Waals surface area contributed by atoms with Gasteiger partial charge in [0.1, 0.15) is 6.11 Å². The fourth-order valence-electron chi connectivity index (χ4n) is 2.49. The number of carbonyl (C=O) groups is 1. The van der Waals surface area contributed by atoms with Crippen LogP contribution in [0.25, 0.3) is 0 Å². The second-order valence-electron chi connectivity index (χ2n) is 6.05. The van der Waals surface area contributed by atoms with Crippen molar-refractivity contribution in [2.24, 2.45) is 0 Å². The van der Waals surface area contributed by atoms with Gasteiger partial charge < -0.3 is 4.74 Å². The number of nitrogens with zero attached hydrogens (tertiary/aromatic N) is 1. The van der Waals surface area contributed by atoms with Gasteiger partial charge in [-0.05, 0) is 59.4 Å². The maximum Gasteiger partial charge on any atom is 0.353 e. The first-order chi connectivity index (χ1) is 11.1. The standard InChI is InChI=1S/C19H17NO2S/c1-19(2)8-11-23-17-6-5-14(12-16(17)19)7-10-22-18(21)15-4-3-9-20-13-15/h3-6,9,12-13H,8,11H2,1-2H3. The molecule has 0 amide bonds. The van der Waals surface area contributed by atoms with Crippen LogP contribution in [0.4, 0.5) is 0 Å². The number of aromatic nitrogens is 1. The molecule has 0 N–H and O–H groups in total. The molecule has 0 aliphatic carbocycles. The lowest BCUT2D eigenvalue weighted by molar-refractivity contribution is 0.0690. The number of fused-ring (bicyclic) bond motifs is 1. The average molecular weight is 323 g/mol. The third kappa shape index (κ3) is 3.57. The zero-order chi connectivity index (χ0) is 16.3. The molecule has 0 bridgehead atoms. The summed E-state index contributed by atoms with van der Waals surface area (Å²) in [7, 11) is 0. The summed E-state index contributed by atoms with van der Waals surface area (Å²) in [6, 6.07) is 9.52. The van der Waals surface area contributed by atoms with E-state index in [4.69, 9.17) is 4.74 Å². The summed E-state index contributed by atoms with van der Waals surface area (Å²) in [6.07, 6.45) is 6.72. The Bertz CT molecular complexity index is 788. The van der Waals surface area contributed by atoms with E-state index < -0.39 is 5.97 Å². The minimum Gasteiger partial charge on any atom is -0.368 e. The monoisotopic (exact) mass is 323 g/mol. The third-order valence-corrected chi connectivity index (χ3v) is 5.00. The Labute approximate surface area is 140 Å². The van der Waals surface area contributed by atoms with Crippen molar-refractivity contribution < 1.29 is 9.53 Å². The van der Waals surface area contributed by atoms with Gasteiger partial charge in [-0.15, -0.1) is 11.8 Å². The lowest BCUT2D eigenvalue weighted by Gasteiger charge is -2.32. The molecule has 0 fully saturated rings. The SMILES string of the molecule is CC1(C)CCSc2ccc(C#COC(=O)c3cccnc3)cc21. The fraction of sp³-hybridized carbons (Fsp3) is 0.263. The molecule has 1 aromatic heterocycles. The number of thioether (sulfide) groups is 1. The van der Waals surface area contributed by atoms with Gasteiger partial charge in [0, 0.05) is 22.9 Å². The van der Waals surface area contributed by atoms with E-state index in [1.807, 2.05) is 17.8 Å². The van der Waals surface area contributed by atoms with Crippen LogP contribution in [0.5, 0.6) is 0 Å². The van der Waals surface area contributed by atoms with Crippen molar-refractivity contribution in [3.8, 4) is 12.0 Å². The van der Waals surface area contributed by atoms with Crippen molar-refractivity contribution in [1.82, 2.24) is 4.98 Å². The van der Waals surface area contributed by atoms with Crippen LogP contribution >= 0.6 is 11.8 Å². The number of hydrogen-bond donors (Lipinski definition) is 0. The highest BCUT2D eigenvalue weighted by molar-refractivity contribution is 7.99. The molecule has 2 aromatic rings. The van der Waals surface area contributed by atoms with Crippen LogP contribution < -0.4 is 0 Å². The van der Waals surface area contributed by atoms with Crippen molar-refractivity contribution in [3.63, 3.8) is 0 Å². The van der Waals surface area contributed by atoms with Gasteiger partial charge >= 0.3 is 5.97 Å². The summed E-state index contributed by atoms with van der Waals surface area (Å²) in [4.78, 5) is 17.0. The lowest BCUT2D eigenvalue weighted by Crippen LogP contribution is -2.22. The van der Waals surface area contributed by atoms with E-state index in [0.717, 1.165) is 17.7 Å². The van der Waals surface area contributed by atoms with Crippen molar-refractivity contribution in [2.45, 2.75) is 30.6 Å². The minimum atomic E-state index is -0.487. The maximum atomic E-state index is 11.8. The van der Waals surface area contributed by atoms with Crippen LogP contribution in [0, 0.1) is 12.0 Å². The Morgan fingerprint density at radius 2 is 2.22 bits per heavy atom. The van der Waals surface area contributed by atoms with Gasteiger partial charge in [-0.2, -0.15) is 0 Å². The molecular weight excluding hydrogens is 306 g/mol. The van der Waals surface area contributed by atoms with Crippen LogP contribution in [0.15, 0.2) is 47.6 Å². The largest absolute Gasteiger partial charge is 0.368 e. The van der Waals surface area contributed by atoms with Gasteiger partial charge in [-0.25, -0.2) is 4.79 Å². The number of esters is 1. The number of ether oxygens (including phenoxy) is 1. The van der Waals surface area contributed by atoms with Crippen LogP contribution in [0.1, 0.15) is 41.8 Å². The zero-order valence-corrected chi connectivity index (χ0v) is 13.9. The average Bonchev–Trinajstić information content (AvgIpc) is 2.56. The number of carbonyl (C=O) groups excluding carboxylic acids is 1. The Morgan fingerprint density at radius 1 is 1.35 bits per heavy atom. The second-order valence-corrected chi connectivity index (χ2v) is 7.19. The molecule has 4 heteroatoms. The summed E-state index contributed by atoms with van der Waals surface area (Å²) < 4.78 is 4.98. The van der Waals surface area contributed by atoms with E-state index in [-0.39, 0.29) is 5.41 Å². The molecule has 0 radical (unpaired) electrons. The molecule has 0 spiro atoms. The number of hydrogen-bond acceptors (Lipinski definition) is 4. The first-order valence-corrected chi connectivity index (χ1v) is 8.44. The predicted octanol–water partition coefficient (Wildman–Crippen LogP) is 4.02. The Balaban J connectivity index is 1.76. The summed E-state index contributed by atoms with van der Waals surface area (Å²) >= 11 is 1.89. The van der Waals surface area contributed by atoms with E-state index in [9.17, 15) is 4.79 Å². The molecule has 1 aliphatic heterocycles. The topological polar surface area (TPSA) is 39.2 Å². The Morgan fingerprint density at radius 3 is 3.00 bits per heavy atom. The molecule has 0 saturated heterocycles. The summed E-state index contributed by atoms with van der Waals surface area (Å²) in [5.74, 6) is 3.57. The van der Waals surface area contributed by atoms with Crippen molar-refractivity contribution in [2.75, 3.05) is 5.75 Å². The number of pyridine rings is 1. The normalized spacial score (nSPS) is 15.0. The molecule has 1 aliphatic rings. The summed E-state index contributed by atoms with van der Waals surface area (Å²) in [5, 5.41) is 0. The number of rotatable bonds is 1. The maximum absolute atomic E-state index is 11.8. The highest BCUT2D eigenvalue weighted by Crippen LogP contribution is 2.41. The first-order valence-electron chi connectivity index (χ1n) is 7.46. The van der Waals surface area contributed by atoms with E-state index >= 15 is 0 Å². The van der Waals surface area contributed by atoms with Crippen molar-refractivity contribution >= 4 is 17.7 Å². The molecular formula is C19H17NO2S. The van der Waals surface area contributed by atoms with Gasteiger partial charge in [0.2, 0.25) is 0 Å². The fourth-order valence-corrected chi connectivity index (χ4v) is 3.97. The summed E-state index contributed by atoms with van der Waals surface area (Å²) in [5.41, 5.74) is 2.73. The molecule has 2 heterocycles. The van der Waals surface area contributed by atoms with E-state index in [1.165, 1.54) is 16.7 Å². The lowest BCUT2D eigenvalue weighted by atomic mass is 9.81. The molecule has 3 nitrogen and oxygen atoms in total. The highest BCUT2D eigenvalue weighted by Gasteiger charge is 2.27. The Kier molecular flexibility index (Phi) is 4.40. The van der Waals surface area contributed by atoms with Gasteiger partial charge in [0.05, 0.1) is 5.56 Å². The Hall–Kier alpha value is -2.25. The highest BCUT2D eigenvalue weighted by atomic mass is 32.2. The van der Waals surface area contributed by atoms with Gasteiger partial charge in [0.25, 0.3) is 0 Å². The first kappa shape index (κ1) is 15.6. The van der Waals surface area contributed by atoms with Gasteiger partial charge in [0.15, 0.2) is 0 Å².